The van der Waals surface area contributed by atoms with Gasteiger partial charge in [0, 0.05) is 6.07 Å². The normalized spacial score (nSPS) is 11.7. The fraction of sp³-hybridized carbons (Fsp3) is 0.158. The van der Waals surface area contributed by atoms with E-state index in [9.17, 15) is 13.6 Å². The molecule has 25 heavy (non-hydrogen) atoms. The third-order valence-electron chi connectivity index (χ3n) is 3.60. The van der Waals surface area contributed by atoms with Gasteiger partial charge in [-0.1, -0.05) is 47.1 Å². The Morgan fingerprint density at radius 2 is 2.12 bits per heavy atom. The maximum Gasteiger partial charge on any atom is 0.252 e. The van der Waals surface area contributed by atoms with Gasteiger partial charge in [-0.2, -0.15) is 4.99 Å². The van der Waals surface area contributed by atoms with Crippen molar-refractivity contribution in [3.63, 3.8) is 0 Å². The van der Waals surface area contributed by atoms with Crippen molar-refractivity contribution in [3.8, 4) is 12.3 Å². The quantitative estimate of drug-likeness (QED) is 0.661. The van der Waals surface area contributed by atoms with Gasteiger partial charge in [-0.05, 0) is 18.6 Å². The number of nitrogens with zero attached hydrogens (tertiary/aromatic N) is 2. The molecular weight excluding hydrogens is 342 g/mol. The van der Waals surface area contributed by atoms with Gasteiger partial charge in [0.15, 0.2) is 10.6 Å². The molecule has 0 N–H and O–H groups in total. The Labute approximate surface area is 147 Å². The first-order valence-electron chi connectivity index (χ1n) is 7.53. The molecular formula is C19H14F2N2OS. The van der Waals surface area contributed by atoms with E-state index in [2.05, 4.69) is 10.9 Å². The lowest BCUT2D eigenvalue weighted by molar-refractivity contribution is -0.117. The van der Waals surface area contributed by atoms with E-state index in [0.717, 1.165) is 28.5 Å². The molecule has 0 aliphatic rings. The number of rotatable bonds is 3. The van der Waals surface area contributed by atoms with Gasteiger partial charge in [0.25, 0.3) is 5.91 Å². The molecule has 0 radical (unpaired) electrons. The van der Waals surface area contributed by atoms with Gasteiger partial charge in [-0.15, -0.1) is 6.42 Å². The van der Waals surface area contributed by atoms with Gasteiger partial charge in [0.2, 0.25) is 0 Å². The number of hydrogen-bond acceptors (Lipinski definition) is 2. The van der Waals surface area contributed by atoms with Gasteiger partial charge < -0.3 is 4.57 Å². The third-order valence-corrected chi connectivity index (χ3v) is 4.63. The van der Waals surface area contributed by atoms with E-state index < -0.39 is 11.6 Å². The van der Waals surface area contributed by atoms with Crippen molar-refractivity contribution in [1.29, 1.82) is 0 Å². The summed E-state index contributed by atoms with van der Waals surface area (Å²) in [6.07, 6.45) is 5.47. The number of thiazole rings is 1. The van der Waals surface area contributed by atoms with Crippen molar-refractivity contribution in [2.75, 3.05) is 0 Å². The first-order valence-corrected chi connectivity index (χ1v) is 8.34. The molecule has 1 amide bonds. The van der Waals surface area contributed by atoms with Crippen molar-refractivity contribution >= 4 is 27.5 Å². The Morgan fingerprint density at radius 3 is 2.84 bits per heavy atom. The number of hydrogen-bond donors (Lipinski definition) is 0. The lowest BCUT2D eigenvalue weighted by Gasteiger charge is -2.01. The molecule has 6 heteroatoms. The number of aromatic nitrogens is 1. The number of terminal acetylenes is 1. The van der Waals surface area contributed by atoms with Crippen LogP contribution in [0.25, 0.3) is 10.2 Å². The molecule has 3 nitrogen and oxygen atoms in total. The van der Waals surface area contributed by atoms with Crippen molar-refractivity contribution in [2.45, 2.75) is 19.9 Å². The number of fused-ring (bicyclic) bond motifs is 1. The summed E-state index contributed by atoms with van der Waals surface area (Å²) in [5.41, 5.74) is 2.05. The second kappa shape index (κ2) is 6.99. The molecule has 0 spiro atoms. The molecule has 0 fully saturated rings. The number of amides is 1. The van der Waals surface area contributed by atoms with Gasteiger partial charge in [0.1, 0.15) is 5.82 Å². The molecule has 3 rings (SSSR count). The molecule has 0 saturated carbocycles. The molecule has 0 unspecified atom stereocenters. The Bertz CT molecular complexity index is 1070. The van der Waals surface area contributed by atoms with E-state index in [1.54, 1.807) is 0 Å². The second-order valence-electron chi connectivity index (χ2n) is 5.58. The van der Waals surface area contributed by atoms with E-state index in [1.165, 1.54) is 10.6 Å². The highest BCUT2D eigenvalue weighted by atomic mass is 32.1. The van der Waals surface area contributed by atoms with E-state index in [-0.39, 0.29) is 29.2 Å². The van der Waals surface area contributed by atoms with Crippen LogP contribution in [-0.4, -0.2) is 10.5 Å². The molecule has 1 heterocycles. The first-order chi connectivity index (χ1) is 12.0. The lowest BCUT2D eigenvalue weighted by Crippen LogP contribution is -2.17. The topological polar surface area (TPSA) is 34.4 Å². The molecule has 3 aromatic rings. The Kier molecular flexibility index (Phi) is 4.77. The van der Waals surface area contributed by atoms with Crippen molar-refractivity contribution in [2.24, 2.45) is 4.99 Å². The molecule has 0 atom stereocenters. The Balaban J connectivity index is 2.06. The third kappa shape index (κ3) is 3.67. The fourth-order valence-electron chi connectivity index (χ4n) is 2.60. The zero-order chi connectivity index (χ0) is 18.0. The average molecular weight is 356 g/mol. The van der Waals surface area contributed by atoms with Crippen LogP contribution in [-0.2, 0) is 17.8 Å². The minimum Gasteiger partial charge on any atom is -0.302 e. The smallest absolute Gasteiger partial charge is 0.252 e. The summed E-state index contributed by atoms with van der Waals surface area (Å²) in [5.74, 6) is 0.630. The van der Waals surface area contributed by atoms with Crippen LogP contribution in [0.4, 0.5) is 8.78 Å². The summed E-state index contributed by atoms with van der Waals surface area (Å²) in [7, 11) is 0. The van der Waals surface area contributed by atoms with Crippen LogP contribution < -0.4 is 4.80 Å². The SMILES string of the molecule is C#CCn1c(=NC(=O)Cc2cccc(C)c2)sc2cc(F)cc(F)c21. The Hall–Kier alpha value is -2.78. The van der Waals surface area contributed by atoms with Gasteiger partial charge >= 0.3 is 0 Å². The predicted octanol–water partition coefficient (Wildman–Crippen LogP) is 3.59. The summed E-state index contributed by atoms with van der Waals surface area (Å²) in [6, 6.07) is 9.56. The van der Waals surface area contributed by atoms with Crippen LogP contribution in [0, 0.1) is 30.9 Å². The fourth-order valence-corrected chi connectivity index (χ4v) is 3.68. The molecule has 2 aromatic carbocycles. The molecule has 0 aliphatic carbocycles. The number of aryl methyl sites for hydroxylation is 1. The average Bonchev–Trinajstić information content (AvgIpc) is 2.85. The number of carbonyl (C=O) groups excluding carboxylic acids is 1. The highest BCUT2D eigenvalue weighted by Crippen LogP contribution is 2.22. The van der Waals surface area contributed by atoms with Crippen molar-refractivity contribution < 1.29 is 13.6 Å². The number of carbonyl (C=O) groups is 1. The zero-order valence-electron chi connectivity index (χ0n) is 13.4. The molecule has 0 saturated heterocycles. The van der Waals surface area contributed by atoms with Gasteiger partial charge in [0.05, 0.1) is 23.2 Å². The van der Waals surface area contributed by atoms with E-state index in [1.807, 2.05) is 31.2 Å². The zero-order valence-corrected chi connectivity index (χ0v) is 14.2. The molecule has 0 aliphatic heterocycles. The van der Waals surface area contributed by atoms with Gasteiger partial charge in [-0.3, -0.25) is 4.79 Å². The molecule has 0 bridgehead atoms. The molecule has 126 valence electrons. The maximum atomic E-state index is 14.1. The minimum absolute atomic E-state index is 0.0408. The minimum atomic E-state index is -0.728. The summed E-state index contributed by atoms with van der Waals surface area (Å²) in [4.78, 5) is 16.6. The van der Waals surface area contributed by atoms with E-state index >= 15 is 0 Å². The second-order valence-corrected chi connectivity index (χ2v) is 6.59. The van der Waals surface area contributed by atoms with Crippen molar-refractivity contribution in [3.05, 3.63) is 64.0 Å². The lowest BCUT2D eigenvalue weighted by atomic mass is 10.1. The summed E-state index contributed by atoms with van der Waals surface area (Å²) >= 11 is 1.03. The predicted molar refractivity (Wildman–Crippen MR) is 94.0 cm³/mol. The van der Waals surface area contributed by atoms with Crippen LogP contribution >= 0.6 is 11.3 Å². The van der Waals surface area contributed by atoms with Gasteiger partial charge in [-0.25, -0.2) is 8.78 Å². The van der Waals surface area contributed by atoms with Crippen molar-refractivity contribution in [1.82, 2.24) is 4.57 Å². The monoisotopic (exact) mass is 356 g/mol. The number of benzene rings is 2. The maximum absolute atomic E-state index is 14.1. The summed E-state index contributed by atoms with van der Waals surface area (Å²) in [5, 5.41) is 0. The number of halogens is 2. The van der Waals surface area contributed by atoms with Crippen LogP contribution in [0.1, 0.15) is 11.1 Å². The highest BCUT2D eigenvalue weighted by molar-refractivity contribution is 7.16. The van der Waals surface area contributed by atoms with E-state index in [4.69, 9.17) is 6.42 Å². The van der Waals surface area contributed by atoms with Crippen LogP contribution in [0.3, 0.4) is 0 Å². The van der Waals surface area contributed by atoms with Crippen LogP contribution in [0.15, 0.2) is 41.4 Å². The Morgan fingerprint density at radius 1 is 1.32 bits per heavy atom. The first kappa shape index (κ1) is 17.1. The van der Waals surface area contributed by atoms with Crippen LogP contribution in [0.2, 0.25) is 0 Å². The standard InChI is InChI=1S/C19H14F2N2OS/c1-3-7-23-18-15(21)10-14(20)11-16(18)25-19(23)22-17(24)9-13-6-4-5-12(2)8-13/h1,4-6,8,10-11H,7,9H2,2H3. The van der Waals surface area contributed by atoms with E-state index in [0.29, 0.717) is 4.70 Å². The molecule has 1 aromatic heterocycles. The largest absolute Gasteiger partial charge is 0.302 e. The van der Waals surface area contributed by atoms with Crippen LogP contribution in [0.5, 0.6) is 0 Å². The summed E-state index contributed by atoms with van der Waals surface area (Å²) < 4.78 is 29.3. The highest BCUT2D eigenvalue weighted by Gasteiger charge is 2.13. The summed E-state index contributed by atoms with van der Waals surface area (Å²) in [6.45, 7) is 1.98.